The van der Waals surface area contributed by atoms with Crippen LogP contribution >= 0.6 is 11.3 Å². The molecule has 1 aliphatic rings. The minimum atomic E-state index is -0.629. The van der Waals surface area contributed by atoms with Crippen LogP contribution in [0.5, 0.6) is 5.75 Å². The summed E-state index contributed by atoms with van der Waals surface area (Å²) in [7, 11) is 0. The van der Waals surface area contributed by atoms with Crippen molar-refractivity contribution in [3.63, 3.8) is 0 Å². The molecular formula is C27H21F2NO2S. The van der Waals surface area contributed by atoms with E-state index in [2.05, 4.69) is 11.9 Å². The summed E-state index contributed by atoms with van der Waals surface area (Å²) in [6, 6.07) is 16.6. The number of ether oxygens (including phenoxy) is 1. The standard InChI is InChI=1S/C27H21F2NO2S/c1-15(2)25-21-8-7-16(17-11-18(28)14-19(29)12-17)13-24(21)33-26(25)27(31)30-22-9-10-32-23-6-4-3-5-20(22)23/h3-8,11-14,22H,1,9-10H2,2H3,(H,30,31)/t22-/m0/s1. The van der Waals surface area contributed by atoms with Gasteiger partial charge in [-0.3, -0.25) is 4.79 Å². The van der Waals surface area contributed by atoms with Crippen molar-refractivity contribution in [1.82, 2.24) is 5.32 Å². The van der Waals surface area contributed by atoms with Gasteiger partial charge in [-0.15, -0.1) is 11.3 Å². The Labute approximate surface area is 194 Å². The van der Waals surface area contributed by atoms with Crippen molar-refractivity contribution >= 4 is 32.9 Å². The average molecular weight is 462 g/mol. The van der Waals surface area contributed by atoms with E-state index in [9.17, 15) is 13.6 Å². The first-order valence-electron chi connectivity index (χ1n) is 10.6. The largest absolute Gasteiger partial charge is 0.493 e. The van der Waals surface area contributed by atoms with Crippen LogP contribution in [-0.2, 0) is 0 Å². The van der Waals surface area contributed by atoms with Gasteiger partial charge in [-0.25, -0.2) is 8.78 Å². The van der Waals surface area contributed by atoms with Gasteiger partial charge in [0.2, 0.25) is 0 Å². The predicted octanol–water partition coefficient (Wildman–Crippen LogP) is 7.13. The number of para-hydroxylation sites is 1. The Balaban J connectivity index is 1.53. The molecule has 3 aromatic carbocycles. The topological polar surface area (TPSA) is 38.3 Å². The highest BCUT2D eigenvalue weighted by Crippen LogP contribution is 2.39. The number of thiophene rings is 1. The molecule has 0 saturated carbocycles. The van der Waals surface area contributed by atoms with Gasteiger partial charge < -0.3 is 10.1 Å². The van der Waals surface area contributed by atoms with E-state index in [-0.39, 0.29) is 11.9 Å². The summed E-state index contributed by atoms with van der Waals surface area (Å²) >= 11 is 1.36. The van der Waals surface area contributed by atoms with E-state index in [0.717, 1.165) is 38.6 Å². The third kappa shape index (κ3) is 4.02. The number of rotatable bonds is 4. The molecule has 5 rings (SSSR count). The Morgan fingerprint density at radius 2 is 1.82 bits per heavy atom. The Morgan fingerprint density at radius 1 is 1.06 bits per heavy atom. The highest BCUT2D eigenvalue weighted by atomic mass is 32.1. The van der Waals surface area contributed by atoms with Gasteiger partial charge in [0.25, 0.3) is 5.91 Å². The molecule has 2 heterocycles. The quantitative estimate of drug-likeness (QED) is 0.351. The van der Waals surface area contributed by atoms with Crippen molar-refractivity contribution in [3.05, 3.63) is 94.9 Å². The number of carbonyl (C=O) groups excluding carboxylic acids is 1. The maximum Gasteiger partial charge on any atom is 0.262 e. The van der Waals surface area contributed by atoms with E-state index < -0.39 is 11.6 Å². The Bertz CT molecular complexity index is 1390. The fourth-order valence-corrected chi connectivity index (χ4v) is 5.52. The average Bonchev–Trinajstić information content (AvgIpc) is 3.18. The predicted molar refractivity (Wildman–Crippen MR) is 129 cm³/mol. The Hall–Kier alpha value is -3.51. The van der Waals surface area contributed by atoms with E-state index in [1.54, 1.807) is 0 Å². The number of fused-ring (bicyclic) bond motifs is 2. The zero-order valence-corrected chi connectivity index (χ0v) is 18.8. The monoisotopic (exact) mass is 461 g/mol. The molecule has 166 valence electrons. The fraction of sp³-hybridized carbons (Fsp3) is 0.148. The smallest absolute Gasteiger partial charge is 0.262 e. The highest BCUT2D eigenvalue weighted by Gasteiger charge is 2.26. The number of carbonyl (C=O) groups is 1. The SMILES string of the molecule is C=C(C)c1c(C(=O)N[C@H]2CCOc3ccccc32)sc2cc(-c3cc(F)cc(F)c3)ccc12. The van der Waals surface area contributed by atoms with Gasteiger partial charge in [0.1, 0.15) is 22.3 Å². The summed E-state index contributed by atoms with van der Waals surface area (Å²) in [5.74, 6) is -0.641. The van der Waals surface area contributed by atoms with Gasteiger partial charge in [-0.05, 0) is 47.9 Å². The third-order valence-electron chi connectivity index (χ3n) is 5.78. The van der Waals surface area contributed by atoms with Crippen molar-refractivity contribution in [2.24, 2.45) is 0 Å². The van der Waals surface area contributed by atoms with Crippen molar-refractivity contribution in [1.29, 1.82) is 0 Å². The highest BCUT2D eigenvalue weighted by molar-refractivity contribution is 7.21. The molecule has 0 radical (unpaired) electrons. The molecule has 0 bridgehead atoms. The number of allylic oxidation sites excluding steroid dienone is 1. The molecule has 0 fully saturated rings. The lowest BCUT2D eigenvalue weighted by atomic mass is 9.99. The molecule has 0 saturated heterocycles. The van der Waals surface area contributed by atoms with Gasteiger partial charge in [0.05, 0.1) is 12.6 Å². The zero-order chi connectivity index (χ0) is 23.1. The van der Waals surface area contributed by atoms with Crippen molar-refractivity contribution in [2.75, 3.05) is 6.61 Å². The molecule has 0 unspecified atom stereocenters. The van der Waals surface area contributed by atoms with Crippen LogP contribution in [0.1, 0.15) is 40.2 Å². The maximum absolute atomic E-state index is 13.7. The Kier molecular flexibility index (Phi) is 5.46. The number of nitrogens with one attached hydrogen (secondary N) is 1. The lowest BCUT2D eigenvalue weighted by molar-refractivity contribution is 0.0928. The third-order valence-corrected chi connectivity index (χ3v) is 6.93. The molecule has 1 amide bonds. The fourth-order valence-electron chi connectivity index (χ4n) is 4.30. The van der Waals surface area contributed by atoms with Crippen molar-refractivity contribution in [3.8, 4) is 16.9 Å². The Morgan fingerprint density at radius 3 is 2.58 bits per heavy atom. The van der Waals surface area contributed by atoms with Gasteiger partial charge >= 0.3 is 0 Å². The molecule has 4 aromatic rings. The summed E-state index contributed by atoms with van der Waals surface area (Å²) in [6.07, 6.45) is 0.686. The molecule has 0 spiro atoms. The van der Waals surface area contributed by atoms with E-state index in [0.29, 0.717) is 29.0 Å². The van der Waals surface area contributed by atoms with Gasteiger partial charge in [0, 0.05) is 33.7 Å². The number of hydrogen-bond donors (Lipinski definition) is 1. The second-order valence-corrected chi connectivity index (χ2v) is 9.21. The zero-order valence-electron chi connectivity index (χ0n) is 18.0. The van der Waals surface area contributed by atoms with Crippen LogP contribution < -0.4 is 10.1 Å². The molecule has 1 aromatic heterocycles. The van der Waals surface area contributed by atoms with E-state index in [1.165, 1.54) is 23.5 Å². The van der Waals surface area contributed by atoms with Crippen LogP contribution in [0.2, 0.25) is 0 Å². The summed E-state index contributed by atoms with van der Waals surface area (Å²) in [6.45, 7) is 6.49. The van der Waals surface area contributed by atoms with E-state index in [1.807, 2.05) is 49.4 Å². The lowest BCUT2D eigenvalue weighted by Crippen LogP contribution is -2.32. The van der Waals surface area contributed by atoms with Gasteiger partial charge in [0.15, 0.2) is 0 Å². The van der Waals surface area contributed by atoms with Crippen LogP contribution in [0, 0.1) is 11.6 Å². The van der Waals surface area contributed by atoms with Crippen LogP contribution in [0.3, 0.4) is 0 Å². The first kappa shape index (κ1) is 21.3. The van der Waals surface area contributed by atoms with Crippen LogP contribution in [0.25, 0.3) is 26.8 Å². The molecule has 1 N–H and O–H groups in total. The minimum absolute atomic E-state index is 0.142. The number of halogens is 2. The van der Waals surface area contributed by atoms with Crippen molar-refractivity contribution < 1.29 is 18.3 Å². The van der Waals surface area contributed by atoms with E-state index >= 15 is 0 Å². The van der Waals surface area contributed by atoms with Crippen LogP contribution in [0.15, 0.2) is 67.2 Å². The van der Waals surface area contributed by atoms with Crippen LogP contribution in [0.4, 0.5) is 8.78 Å². The summed E-state index contributed by atoms with van der Waals surface area (Å²) < 4.78 is 34.0. The lowest BCUT2D eigenvalue weighted by Gasteiger charge is -2.26. The summed E-state index contributed by atoms with van der Waals surface area (Å²) in [5.41, 5.74) is 3.67. The molecule has 1 atom stereocenters. The minimum Gasteiger partial charge on any atom is -0.493 e. The number of hydrogen-bond acceptors (Lipinski definition) is 3. The molecular weight excluding hydrogens is 440 g/mol. The number of amides is 1. The molecule has 3 nitrogen and oxygen atoms in total. The van der Waals surface area contributed by atoms with E-state index in [4.69, 9.17) is 4.74 Å². The second-order valence-electron chi connectivity index (χ2n) is 8.16. The maximum atomic E-state index is 13.7. The molecule has 33 heavy (non-hydrogen) atoms. The summed E-state index contributed by atoms with van der Waals surface area (Å²) in [5, 5.41) is 4.05. The number of benzene rings is 3. The normalized spacial score (nSPS) is 15.1. The second kappa shape index (κ2) is 8.45. The van der Waals surface area contributed by atoms with Gasteiger partial charge in [-0.2, -0.15) is 0 Å². The first-order chi connectivity index (χ1) is 15.9. The summed E-state index contributed by atoms with van der Waals surface area (Å²) in [4.78, 5) is 14.0. The van der Waals surface area contributed by atoms with Gasteiger partial charge in [-0.1, -0.05) is 36.9 Å². The molecule has 6 heteroatoms. The first-order valence-corrected chi connectivity index (χ1v) is 11.4. The van der Waals surface area contributed by atoms with Crippen LogP contribution in [-0.4, -0.2) is 12.5 Å². The molecule has 0 aliphatic carbocycles. The van der Waals surface area contributed by atoms with Crippen molar-refractivity contribution in [2.45, 2.75) is 19.4 Å². The molecule has 1 aliphatic heterocycles.